The normalized spacial score (nSPS) is 13.9. The molecule has 0 saturated heterocycles. The number of thiazole rings is 1. The van der Waals surface area contributed by atoms with E-state index in [1.54, 1.807) is 12.1 Å². The SMILES string of the molecule is O=C(c1ccc(S(=O)(=O)N2CCc3ccccc3C2)cc1)N(Cc1ccco1)c1nc2c(F)cc(F)cc2s1. The van der Waals surface area contributed by atoms with Gasteiger partial charge in [-0.05, 0) is 60.0 Å². The number of amides is 1. The summed E-state index contributed by atoms with van der Waals surface area (Å²) in [5, 5.41) is 0.152. The summed E-state index contributed by atoms with van der Waals surface area (Å²) in [4.78, 5) is 19.3. The highest BCUT2D eigenvalue weighted by Crippen LogP contribution is 2.33. The van der Waals surface area contributed by atoms with Crippen molar-refractivity contribution < 1.29 is 26.4 Å². The summed E-state index contributed by atoms with van der Waals surface area (Å²) in [5.74, 6) is -1.61. The van der Waals surface area contributed by atoms with Crippen molar-refractivity contribution in [3.8, 4) is 0 Å². The maximum absolute atomic E-state index is 14.3. The van der Waals surface area contributed by atoms with Gasteiger partial charge in [-0.1, -0.05) is 35.6 Å². The lowest BCUT2D eigenvalue weighted by molar-refractivity contribution is 0.0983. The molecule has 1 aliphatic rings. The molecule has 0 N–H and O–H groups in total. The first-order valence-electron chi connectivity index (χ1n) is 12.1. The molecular weight excluding hydrogens is 544 g/mol. The zero-order valence-corrected chi connectivity index (χ0v) is 22.0. The van der Waals surface area contributed by atoms with Gasteiger partial charge in [-0.15, -0.1) is 0 Å². The first-order valence-corrected chi connectivity index (χ1v) is 14.3. The van der Waals surface area contributed by atoms with Crippen LogP contribution in [0.1, 0.15) is 27.2 Å². The van der Waals surface area contributed by atoms with Crippen LogP contribution in [0.4, 0.5) is 13.9 Å². The molecule has 3 heterocycles. The molecule has 0 bridgehead atoms. The Hall–Kier alpha value is -3.93. The molecule has 11 heteroatoms. The van der Waals surface area contributed by atoms with E-state index in [4.69, 9.17) is 4.42 Å². The van der Waals surface area contributed by atoms with Gasteiger partial charge in [0.1, 0.15) is 17.1 Å². The molecular formula is C28H21F2N3O4S2. The summed E-state index contributed by atoms with van der Waals surface area (Å²) in [6, 6.07) is 18.7. The fourth-order valence-corrected chi connectivity index (χ4v) is 7.02. The number of anilines is 1. The average Bonchev–Trinajstić information content (AvgIpc) is 3.61. The van der Waals surface area contributed by atoms with E-state index in [9.17, 15) is 22.0 Å². The number of benzene rings is 3. The predicted octanol–water partition coefficient (Wildman–Crippen LogP) is 5.76. The minimum Gasteiger partial charge on any atom is -0.467 e. The van der Waals surface area contributed by atoms with E-state index in [2.05, 4.69) is 4.98 Å². The van der Waals surface area contributed by atoms with Gasteiger partial charge in [-0.3, -0.25) is 9.69 Å². The Morgan fingerprint density at radius 1 is 1.03 bits per heavy atom. The van der Waals surface area contributed by atoms with Crippen LogP contribution in [0.25, 0.3) is 10.2 Å². The van der Waals surface area contributed by atoms with Crippen molar-refractivity contribution in [3.05, 3.63) is 113 Å². The highest BCUT2D eigenvalue weighted by Gasteiger charge is 2.29. The Bertz CT molecular complexity index is 1790. The lowest BCUT2D eigenvalue weighted by Crippen LogP contribution is -2.36. The van der Waals surface area contributed by atoms with Crippen LogP contribution < -0.4 is 4.90 Å². The van der Waals surface area contributed by atoms with E-state index in [-0.39, 0.29) is 38.9 Å². The van der Waals surface area contributed by atoms with Crippen molar-refractivity contribution in [2.45, 2.75) is 24.4 Å². The summed E-state index contributed by atoms with van der Waals surface area (Å²) in [7, 11) is -3.78. The topological polar surface area (TPSA) is 83.7 Å². The highest BCUT2D eigenvalue weighted by atomic mass is 32.2. The van der Waals surface area contributed by atoms with Crippen molar-refractivity contribution in [2.75, 3.05) is 11.4 Å². The maximum Gasteiger partial charge on any atom is 0.260 e. The number of aromatic nitrogens is 1. The van der Waals surface area contributed by atoms with E-state index < -0.39 is 27.6 Å². The minimum absolute atomic E-state index is 0.0109. The van der Waals surface area contributed by atoms with Gasteiger partial charge >= 0.3 is 0 Å². The molecule has 2 aromatic heterocycles. The van der Waals surface area contributed by atoms with E-state index in [1.165, 1.54) is 39.7 Å². The molecule has 0 atom stereocenters. The van der Waals surface area contributed by atoms with Crippen molar-refractivity contribution in [2.24, 2.45) is 0 Å². The third-order valence-electron chi connectivity index (χ3n) is 6.61. The minimum atomic E-state index is -3.78. The number of hydrogen-bond donors (Lipinski definition) is 0. The Kier molecular flexibility index (Phi) is 6.49. The second-order valence-electron chi connectivity index (χ2n) is 9.08. The van der Waals surface area contributed by atoms with Crippen LogP contribution in [0, 0.1) is 11.6 Å². The summed E-state index contributed by atoms with van der Waals surface area (Å²) in [5.41, 5.74) is 2.27. The van der Waals surface area contributed by atoms with Crippen LogP contribution in [0.5, 0.6) is 0 Å². The smallest absolute Gasteiger partial charge is 0.260 e. The summed E-state index contributed by atoms with van der Waals surface area (Å²) < 4.78 is 61.9. The fourth-order valence-electron chi connectivity index (χ4n) is 4.60. The van der Waals surface area contributed by atoms with Crippen LogP contribution in [-0.4, -0.2) is 30.2 Å². The largest absolute Gasteiger partial charge is 0.467 e. The van der Waals surface area contributed by atoms with Crippen LogP contribution in [0.15, 0.2) is 88.4 Å². The van der Waals surface area contributed by atoms with Gasteiger partial charge in [0, 0.05) is 24.7 Å². The Morgan fingerprint density at radius 2 is 1.79 bits per heavy atom. The van der Waals surface area contributed by atoms with Crippen LogP contribution in [-0.2, 0) is 29.5 Å². The molecule has 198 valence electrons. The maximum atomic E-state index is 14.3. The number of nitrogens with zero attached hydrogens (tertiary/aromatic N) is 3. The Balaban J connectivity index is 1.30. The molecule has 3 aromatic carbocycles. The second kappa shape index (κ2) is 9.99. The van der Waals surface area contributed by atoms with Crippen LogP contribution >= 0.6 is 11.3 Å². The number of rotatable bonds is 6. The van der Waals surface area contributed by atoms with Gasteiger partial charge in [0.2, 0.25) is 10.0 Å². The molecule has 0 saturated carbocycles. The first-order chi connectivity index (χ1) is 18.8. The zero-order chi connectivity index (χ0) is 27.1. The monoisotopic (exact) mass is 565 g/mol. The van der Waals surface area contributed by atoms with Gasteiger partial charge in [-0.2, -0.15) is 4.31 Å². The van der Waals surface area contributed by atoms with Crippen molar-refractivity contribution >= 4 is 42.6 Å². The Morgan fingerprint density at radius 3 is 2.54 bits per heavy atom. The molecule has 0 aliphatic carbocycles. The molecule has 1 aliphatic heterocycles. The molecule has 0 unspecified atom stereocenters. The van der Waals surface area contributed by atoms with E-state index in [1.807, 2.05) is 24.3 Å². The number of halogens is 2. The van der Waals surface area contributed by atoms with E-state index in [0.29, 0.717) is 18.7 Å². The number of hydrogen-bond acceptors (Lipinski definition) is 6. The zero-order valence-electron chi connectivity index (χ0n) is 20.4. The van der Waals surface area contributed by atoms with Gasteiger partial charge in [0.25, 0.3) is 5.91 Å². The third kappa shape index (κ3) is 4.84. The van der Waals surface area contributed by atoms with Gasteiger partial charge < -0.3 is 4.42 Å². The molecule has 1 amide bonds. The van der Waals surface area contributed by atoms with Gasteiger partial charge in [0.05, 0.1) is 22.4 Å². The standard InChI is InChI=1S/C28H21F2N3O4S2/c29-21-14-24(30)26-25(15-21)38-28(31-26)33(17-22-6-3-13-37-22)27(34)19-7-9-23(10-8-19)39(35,36)32-12-11-18-4-1-2-5-20(18)16-32/h1-10,13-15H,11-12,16-17H2. The highest BCUT2D eigenvalue weighted by molar-refractivity contribution is 7.89. The number of sulfonamides is 1. The molecule has 39 heavy (non-hydrogen) atoms. The number of carbonyl (C=O) groups excluding carboxylic acids is 1. The Labute approximate surface area is 227 Å². The van der Waals surface area contributed by atoms with Crippen LogP contribution in [0.3, 0.4) is 0 Å². The number of carbonyl (C=O) groups is 1. The summed E-state index contributed by atoms with van der Waals surface area (Å²) in [6.45, 7) is 0.638. The number of fused-ring (bicyclic) bond motifs is 2. The third-order valence-corrected chi connectivity index (χ3v) is 9.49. The van der Waals surface area contributed by atoms with Crippen molar-refractivity contribution in [1.82, 2.24) is 9.29 Å². The lowest BCUT2D eigenvalue weighted by Gasteiger charge is -2.28. The van der Waals surface area contributed by atoms with Gasteiger partial charge in [-0.25, -0.2) is 22.2 Å². The molecule has 7 nitrogen and oxygen atoms in total. The summed E-state index contributed by atoms with van der Waals surface area (Å²) in [6.07, 6.45) is 2.09. The van der Waals surface area contributed by atoms with Crippen molar-refractivity contribution in [3.63, 3.8) is 0 Å². The molecule has 0 fully saturated rings. The van der Waals surface area contributed by atoms with E-state index >= 15 is 0 Å². The summed E-state index contributed by atoms with van der Waals surface area (Å²) >= 11 is 0.969. The van der Waals surface area contributed by atoms with Gasteiger partial charge in [0.15, 0.2) is 10.9 Å². The lowest BCUT2D eigenvalue weighted by atomic mass is 10.0. The van der Waals surface area contributed by atoms with Crippen LogP contribution in [0.2, 0.25) is 0 Å². The second-order valence-corrected chi connectivity index (χ2v) is 12.0. The van der Waals surface area contributed by atoms with E-state index in [0.717, 1.165) is 34.6 Å². The molecule has 0 spiro atoms. The fraction of sp³-hybridized carbons (Fsp3) is 0.143. The first kappa shape index (κ1) is 25.4. The average molecular weight is 566 g/mol. The molecule has 5 aromatic rings. The number of furan rings is 1. The quantitative estimate of drug-likeness (QED) is 0.261. The van der Waals surface area contributed by atoms with Crippen molar-refractivity contribution in [1.29, 1.82) is 0 Å². The molecule has 0 radical (unpaired) electrons. The molecule has 6 rings (SSSR count). The predicted molar refractivity (Wildman–Crippen MR) is 143 cm³/mol.